The fourth-order valence-electron chi connectivity index (χ4n) is 1.85. The molecule has 2 rings (SSSR count). The Hall–Kier alpha value is -1.61. The minimum Gasteiger partial charge on any atom is -0.370 e. The lowest BCUT2D eigenvalue weighted by atomic mass is 9.95. The van der Waals surface area contributed by atoms with Crippen LogP contribution in [0.2, 0.25) is 5.02 Å². The number of rotatable bonds is 3. The number of nitrogens with one attached hydrogen (secondary N) is 1. The molecule has 3 nitrogen and oxygen atoms in total. The fourth-order valence-corrected chi connectivity index (χ4v) is 2.04. The van der Waals surface area contributed by atoms with Crippen LogP contribution in [-0.2, 0) is 5.41 Å². The van der Waals surface area contributed by atoms with Gasteiger partial charge < -0.3 is 5.32 Å². The van der Waals surface area contributed by atoms with Crippen LogP contribution in [-0.4, -0.2) is 16.5 Å². The van der Waals surface area contributed by atoms with E-state index in [1.165, 1.54) is 0 Å². The van der Waals surface area contributed by atoms with Gasteiger partial charge in [0, 0.05) is 28.6 Å². The van der Waals surface area contributed by atoms with Crippen molar-refractivity contribution in [2.24, 2.45) is 0 Å². The predicted molar refractivity (Wildman–Crippen MR) is 85.3 cm³/mol. The zero-order valence-corrected chi connectivity index (χ0v) is 13.1. The third-order valence-corrected chi connectivity index (χ3v) is 3.11. The third kappa shape index (κ3) is 3.48. The summed E-state index contributed by atoms with van der Waals surface area (Å²) < 4.78 is 0. The van der Waals surface area contributed by atoms with Crippen LogP contribution >= 0.6 is 11.6 Å². The van der Waals surface area contributed by atoms with Gasteiger partial charge in [-0.3, -0.25) is 0 Å². The highest BCUT2D eigenvalue weighted by atomic mass is 35.5. The van der Waals surface area contributed by atoms with Crippen molar-refractivity contribution < 1.29 is 0 Å². The van der Waals surface area contributed by atoms with E-state index in [-0.39, 0.29) is 5.41 Å². The van der Waals surface area contributed by atoms with E-state index in [2.05, 4.69) is 43.0 Å². The van der Waals surface area contributed by atoms with Crippen LogP contribution in [0, 0.1) is 0 Å². The number of nitrogens with zero attached hydrogens (tertiary/aromatic N) is 2. The van der Waals surface area contributed by atoms with Crippen molar-refractivity contribution >= 4 is 17.4 Å². The number of halogens is 1. The van der Waals surface area contributed by atoms with Crippen LogP contribution in [0.25, 0.3) is 11.3 Å². The second kappa shape index (κ2) is 5.80. The van der Waals surface area contributed by atoms with Gasteiger partial charge in [-0.2, -0.15) is 0 Å². The molecule has 1 aromatic carbocycles. The van der Waals surface area contributed by atoms with Gasteiger partial charge in [0.25, 0.3) is 0 Å². The molecule has 0 unspecified atom stereocenters. The van der Waals surface area contributed by atoms with Gasteiger partial charge in [-0.1, -0.05) is 44.5 Å². The maximum atomic E-state index is 6.07. The average molecular weight is 290 g/mol. The van der Waals surface area contributed by atoms with E-state index in [0.29, 0.717) is 5.02 Å². The molecular weight excluding hydrogens is 270 g/mol. The van der Waals surface area contributed by atoms with E-state index in [9.17, 15) is 0 Å². The molecule has 1 aromatic heterocycles. The Bertz CT molecular complexity index is 603. The smallest absolute Gasteiger partial charge is 0.136 e. The lowest BCUT2D eigenvalue weighted by Gasteiger charge is -2.19. The minimum absolute atomic E-state index is 0.0985. The topological polar surface area (TPSA) is 37.8 Å². The second-order valence-electron chi connectivity index (χ2n) is 5.75. The van der Waals surface area contributed by atoms with Crippen LogP contribution in [0.3, 0.4) is 0 Å². The van der Waals surface area contributed by atoms with Gasteiger partial charge >= 0.3 is 0 Å². The number of aromatic nitrogens is 2. The van der Waals surface area contributed by atoms with E-state index in [4.69, 9.17) is 11.6 Å². The highest BCUT2D eigenvalue weighted by molar-refractivity contribution is 6.30. The highest BCUT2D eigenvalue weighted by Gasteiger charge is 2.19. The van der Waals surface area contributed by atoms with Crippen LogP contribution in [0.4, 0.5) is 5.82 Å². The minimum atomic E-state index is -0.0985. The van der Waals surface area contributed by atoms with Crippen molar-refractivity contribution in [1.29, 1.82) is 0 Å². The maximum absolute atomic E-state index is 6.07. The van der Waals surface area contributed by atoms with Gasteiger partial charge in [0.1, 0.15) is 11.6 Å². The molecule has 0 aliphatic rings. The molecule has 1 heterocycles. The van der Waals surface area contributed by atoms with Gasteiger partial charge in [0.05, 0.1) is 5.69 Å². The number of benzene rings is 1. The van der Waals surface area contributed by atoms with Crippen molar-refractivity contribution in [3.8, 4) is 11.3 Å². The Kier molecular flexibility index (Phi) is 4.29. The van der Waals surface area contributed by atoms with Crippen molar-refractivity contribution in [1.82, 2.24) is 9.97 Å². The maximum Gasteiger partial charge on any atom is 0.136 e. The molecule has 0 aliphatic carbocycles. The van der Waals surface area contributed by atoms with E-state index in [0.717, 1.165) is 29.4 Å². The van der Waals surface area contributed by atoms with Crippen molar-refractivity contribution in [2.45, 2.75) is 33.1 Å². The SMILES string of the molecule is CCNc1cc(-c2cccc(Cl)c2)nc(C(C)(C)C)n1. The molecule has 0 saturated heterocycles. The predicted octanol–water partition coefficient (Wildman–Crippen LogP) is 4.53. The van der Waals surface area contributed by atoms with Gasteiger partial charge in [-0.25, -0.2) is 9.97 Å². The molecule has 1 N–H and O–H groups in total. The Morgan fingerprint density at radius 2 is 1.90 bits per heavy atom. The van der Waals surface area contributed by atoms with Gasteiger partial charge in [-0.05, 0) is 19.1 Å². The summed E-state index contributed by atoms with van der Waals surface area (Å²) in [4.78, 5) is 9.28. The monoisotopic (exact) mass is 289 g/mol. The molecule has 0 bridgehead atoms. The summed E-state index contributed by atoms with van der Waals surface area (Å²) in [5.41, 5.74) is 1.80. The zero-order chi connectivity index (χ0) is 14.8. The lowest BCUT2D eigenvalue weighted by molar-refractivity contribution is 0.546. The first-order valence-electron chi connectivity index (χ1n) is 6.79. The summed E-state index contributed by atoms with van der Waals surface area (Å²) in [5, 5.41) is 3.97. The molecule has 0 radical (unpaired) electrons. The Morgan fingerprint density at radius 3 is 2.50 bits per heavy atom. The summed E-state index contributed by atoms with van der Waals surface area (Å²) >= 11 is 6.07. The third-order valence-electron chi connectivity index (χ3n) is 2.88. The van der Waals surface area contributed by atoms with Crippen molar-refractivity contribution in [3.05, 3.63) is 41.2 Å². The van der Waals surface area contributed by atoms with E-state index in [1.807, 2.05) is 30.3 Å². The van der Waals surface area contributed by atoms with E-state index >= 15 is 0 Å². The summed E-state index contributed by atoms with van der Waals surface area (Å²) in [6.45, 7) is 9.22. The van der Waals surface area contributed by atoms with E-state index in [1.54, 1.807) is 0 Å². The number of hydrogen-bond acceptors (Lipinski definition) is 3. The van der Waals surface area contributed by atoms with Crippen LogP contribution in [0.1, 0.15) is 33.5 Å². The average Bonchev–Trinajstić information content (AvgIpc) is 2.38. The highest BCUT2D eigenvalue weighted by Crippen LogP contribution is 2.26. The lowest BCUT2D eigenvalue weighted by Crippen LogP contribution is -2.17. The molecular formula is C16H20ClN3. The van der Waals surface area contributed by atoms with Crippen molar-refractivity contribution in [2.75, 3.05) is 11.9 Å². The molecule has 0 saturated carbocycles. The van der Waals surface area contributed by atoms with Gasteiger partial charge in [-0.15, -0.1) is 0 Å². The molecule has 4 heteroatoms. The van der Waals surface area contributed by atoms with Gasteiger partial charge in [0.15, 0.2) is 0 Å². The van der Waals surface area contributed by atoms with Crippen LogP contribution in [0.5, 0.6) is 0 Å². The largest absolute Gasteiger partial charge is 0.370 e. The first-order valence-corrected chi connectivity index (χ1v) is 7.17. The molecule has 106 valence electrons. The summed E-state index contributed by atoms with van der Waals surface area (Å²) in [7, 11) is 0. The molecule has 0 aliphatic heterocycles. The van der Waals surface area contributed by atoms with Crippen molar-refractivity contribution in [3.63, 3.8) is 0 Å². The molecule has 20 heavy (non-hydrogen) atoms. The second-order valence-corrected chi connectivity index (χ2v) is 6.19. The Labute approximate surface area is 125 Å². The molecule has 2 aromatic rings. The van der Waals surface area contributed by atoms with Gasteiger partial charge in [0.2, 0.25) is 0 Å². The summed E-state index contributed by atoms with van der Waals surface area (Å²) in [6.07, 6.45) is 0. The first kappa shape index (κ1) is 14.8. The fraction of sp³-hybridized carbons (Fsp3) is 0.375. The quantitative estimate of drug-likeness (QED) is 0.902. The molecule has 0 fully saturated rings. The van der Waals surface area contributed by atoms with Crippen LogP contribution < -0.4 is 5.32 Å². The zero-order valence-electron chi connectivity index (χ0n) is 12.4. The normalized spacial score (nSPS) is 11.4. The number of hydrogen-bond donors (Lipinski definition) is 1. The van der Waals surface area contributed by atoms with Crippen LogP contribution in [0.15, 0.2) is 30.3 Å². The molecule has 0 atom stereocenters. The Morgan fingerprint density at radius 1 is 1.15 bits per heavy atom. The number of anilines is 1. The first-order chi connectivity index (χ1) is 9.40. The summed E-state index contributed by atoms with van der Waals surface area (Å²) in [5.74, 6) is 1.67. The standard InChI is InChI=1S/C16H20ClN3/c1-5-18-14-10-13(11-7-6-8-12(17)9-11)19-15(20-14)16(2,3)4/h6-10H,5H2,1-4H3,(H,18,19,20). The van der Waals surface area contributed by atoms with E-state index < -0.39 is 0 Å². The molecule has 0 amide bonds. The molecule has 0 spiro atoms. The summed E-state index contributed by atoms with van der Waals surface area (Å²) in [6, 6.07) is 9.69. The Balaban J connectivity index is 2.54.